The first-order valence-electron chi connectivity index (χ1n) is 17.8. The van der Waals surface area contributed by atoms with Gasteiger partial charge in [0, 0.05) is 61.9 Å². The summed E-state index contributed by atoms with van der Waals surface area (Å²) in [5.41, 5.74) is -0.973. The molecule has 0 saturated carbocycles. The number of aromatic nitrogens is 5. The minimum Gasteiger partial charge on any atom is -0.461 e. The SMILES string of the molecule is CN(CC1CN(C(=O)C=Cc2nc(C(C)(C)O)no2)C1)c1nc(OCC23CCCN2CCC3)nc2c(F)c(-c3cccc4ccc(F)c(Cl)c34)ncc12. The fraction of sp³-hybridized carbons (Fsp3) is 0.421. The number of nitrogens with zero attached hydrogens (tertiary/aromatic N) is 8. The van der Waals surface area contributed by atoms with E-state index in [0.29, 0.717) is 53.8 Å². The van der Waals surface area contributed by atoms with Crippen LogP contribution in [0.3, 0.4) is 0 Å². The number of halogens is 3. The van der Waals surface area contributed by atoms with Crippen molar-refractivity contribution in [1.82, 2.24) is 34.9 Å². The van der Waals surface area contributed by atoms with Gasteiger partial charge in [-0.25, -0.2) is 8.78 Å². The van der Waals surface area contributed by atoms with E-state index in [1.165, 1.54) is 24.4 Å². The molecule has 3 aliphatic rings. The van der Waals surface area contributed by atoms with Crippen molar-refractivity contribution in [2.75, 3.05) is 51.3 Å². The van der Waals surface area contributed by atoms with E-state index < -0.39 is 17.2 Å². The van der Waals surface area contributed by atoms with Gasteiger partial charge in [0.1, 0.15) is 35.1 Å². The normalized spacial score (nSPS) is 17.6. The number of pyridine rings is 1. The molecule has 0 unspecified atom stereocenters. The van der Waals surface area contributed by atoms with Gasteiger partial charge in [-0.05, 0) is 64.1 Å². The number of carbonyl (C=O) groups excluding carboxylic acids is 1. The van der Waals surface area contributed by atoms with E-state index >= 15 is 4.39 Å². The lowest BCUT2D eigenvalue weighted by Gasteiger charge is -2.40. The van der Waals surface area contributed by atoms with Crippen LogP contribution in [0, 0.1) is 17.6 Å². The standard InChI is InChI=1S/C38H39ClF2N8O4/c1-37(2,51)35-43-27(53-46-35)11-12-28(50)48-19-22(20-48)18-47(3)34-25-17-42-32(24-8-4-7-23-9-10-26(40)30(39)29(23)24)31(41)33(25)44-36(45-34)52-21-38-13-5-15-49(38)16-6-14-38/h4,7-12,17,22,51H,5-6,13-16,18-21H2,1-3H3. The zero-order chi connectivity index (χ0) is 37.1. The Labute approximate surface area is 309 Å². The van der Waals surface area contributed by atoms with Crippen LogP contribution in [0.1, 0.15) is 51.2 Å². The summed E-state index contributed by atoms with van der Waals surface area (Å²) in [6.45, 7) is 7.04. The Bertz CT molecular complexity index is 2240. The number of ether oxygens (including phenoxy) is 1. The van der Waals surface area contributed by atoms with Gasteiger partial charge in [0.15, 0.2) is 5.82 Å². The number of anilines is 1. The molecule has 3 aliphatic heterocycles. The van der Waals surface area contributed by atoms with Gasteiger partial charge in [0.05, 0.1) is 15.9 Å². The molecule has 1 N–H and O–H groups in total. The predicted molar refractivity (Wildman–Crippen MR) is 195 cm³/mol. The van der Waals surface area contributed by atoms with Crippen LogP contribution in [-0.2, 0) is 10.4 Å². The molecular weight excluding hydrogens is 706 g/mol. The number of fused-ring (bicyclic) bond motifs is 3. The van der Waals surface area contributed by atoms with Crippen molar-refractivity contribution in [3.63, 3.8) is 0 Å². The summed E-state index contributed by atoms with van der Waals surface area (Å²) in [4.78, 5) is 37.0. The number of hydrogen-bond donors (Lipinski definition) is 1. The van der Waals surface area contributed by atoms with E-state index in [4.69, 9.17) is 25.8 Å². The molecule has 0 aliphatic carbocycles. The summed E-state index contributed by atoms with van der Waals surface area (Å²) >= 11 is 6.42. The van der Waals surface area contributed by atoms with Crippen molar-refractivity contribution < 1.29 is 27.9 Å². The van der Waals surface area contributed by atoms with Gasteiger partial charge in [0.2, 0.25) is 11.7 Å². The van der Waals surface area contributed by atoms with Gasteiger partial charge < -0.3 is 24.2 Å². The van der Waals surface area contributed by atoms with E-state index in [2.05, 4.69) is 25.0 Å². The highest BCUT2D eigenvalue weighted by Crippen LogP contribution is 2.41. The third-order valence-corrected chi connectivity index (χ3v) is 11.0. The van der Waals surface area contributed by atoms with Crippen molar-refractivity contribution in [3.05, 3.63) is 71.0 Å². The van der Waals surface area contributed by atoms with Crippen molar-refractivity contribution in [2.45, 2.75) is 50.7 Å². The van der Waals surface area contributed by atoms with Crippen LogP contribution >= 0.6 is 11.6 Å². The number of carbonyl (C=O) groups is 1. The predicted octanol–water partition coefficient (Wildman–Crippen LogP) is 6.00. The molecule has 0 radical (unpaired) electrons. The highest BCUT2D eigenvalue weighted by Gasteiger charge is 2.45. The third-order valence-electron chi connectivity index (χ3n) is 10.6. The summed E-state index contributed by atoms with van der Waals surface area (Å²) in [5.74, 6) is -0.722. The van der Waals surface area contributed by atoms with Crippen LogP contribution in [0.15, 0.2) is 47.1 Å². The summed E-state index contributed by atoms with van der Waals surface area (Å²) in [6.07, 6.45) is 8.57. The Morgan fingerprint density at radius 1 is 1.15 bits per heavy atom. The average Bonchev–Trinajstić information content (AvgIpc) is 3.86. The zero-order valence-corrected chi connectivity index (χ0v) is 30.4. The lowest BCUT2D eigenvalue weighted by molar-refractivity contribution is -0.131. The van der Waals surface area contributed by atoms with E-state index in [1.807, 2.05) is 11.9 Å². The van der Waals surface area contributed by atoms with Crippen molar-refractivity contribution in [1.29, 1.82) is 0 Å². The second kappa shape index (κ2) is 13.6. The monoisotopic (exact) mass is 744 g/mol. The van der Waals surface area contributed by atoms with E-state index in [1.54, 1.807) is 43.0 Å². The molecule has 6 heterocycles. The number of hydrogen-bond acceptors (Lipinski definition) is 11. The second-order valence-electron chi connectivity index (χ2n) is 14.8. The largest absolute Gasteiger partial charge is 0.461 e. The molecule has 3 saturated heterocycles. The molecule has 0 atom stereocenters. The second-order valence-corrected chi connectivity index (χ2v) is 15.2. The highest BCUT2D eigenvalue weighted by molar-refractivity contribution is 6.36. The fourth-order valence-electron chi connectivity index (χ4n) is 7.87. The van der Waals surface area contributed by atoms with Crippen LogP contribution in [0.4, 0.5) is 14.6 Å². The Hall–Kier alpha value is -4.79. The Kier molecular flexibility index (Phi) is 9.02. The van der Waals surface area contributed by atoms with Crippen LogP contribution in [-0.4, -0.2) is 97.8 Å². The lowest BCUT2D eigenvalue weighted by atomic mass is 9.95. The van der Waals surface area contributed by atoms with E-state index in [0.717, 1.165) is 38.8 Å². The first-order chi connectivity index (χ1) is 25.4. The molecule has 1 amide bonds. The maximum Gasteiger partial charge on any atom is 0.319 e. The molecule has 15 heteroatoms. The first-order valence-corrected chi connectivity index (χ1v) is 18.1. The van der Waals surface area contributed by atoms with E-state index in [9.17, 15) is 14.3 Å². The van der Waals surface area contributed by atoms with Gasteiger partial charge in [-0.2, -0.15) is 15.0 Å². The summed E-state index contributed by atoms with van der Waals surface area (Å²) in [7, 11) is 1.86. The van der Waals surface area contributed by atoms with Crippen LogP contribution < -0.4 is 9.64 Å². The fourth-order valence-corrected chi connectivity index (χ4v) is 8.14. The number of benzene rings is 2. The maximum absolute atomic E-state index is 16.8. The Morgan fingerprint density at radius 2 is 1.92 bits per heavy atom. The summed E-state index contributed by atoms with van der Waals surface area (Å²) < 4.78 is 42.8. The van der Waals surface area contributed by atoms with Gasteiger partial charge in [-0.15, -0.1) is 0 Å². The number of likely N-dealkylation sites (tertiary alicyclic amines) is 1. The van der Waals surface area contributed by atoms with Crippen LogP contribution in [0.5, 0.6) is 6.01 Å². The molecule has 0 bridgehead atoms. The smallest absolute Gasteiger partial charge is 0.319 e. The molecule has 0 spiro atoms. The molecule has 3 fully saturated rings. The van der Waals surface area contributed by atoms with Gasteiger partial charge >= 0.3 is 6.01 Å². The van der Waals surface area contributed by atoms with Crippen molar-refractivity contribution in [2.24, 2.45) is 5.92 Å². The summed E-state index contributed by atoms with van der Waals surface area (Å²) in [5, 5.41) is 15.1. The number of amides is 1. The lowest BCUT2D eigenvalue weighted by Crippen LogP contribution is -2.53. The molecule has 2 aromatic carbocycles. The summed E-state index contributed by atoms with van der Waals surface area (Å²) in [6, 6.07) is 8.15. The van der Waals surface area contributed by atoms with Gasteiger partial charge in [-0.3, -0.25) is 14.7 Å². The number of rotatable bonds is 10. The van der Waals surface area contributed by atoms with Gasteiger partial charge in [-0.1, -0.05) is 41.0 Å². The van der Waals surface area contributed by atoms with Gasteiger partial charge in [0.25, 0.3) is 5.89 Å². The Morgan fingerprint density at radius 3 is 2.66 bits per heavy atom. The molecule has 5 aromatic rings. The van der Waals surface area contributed by atoms with Crippen LogP contribution in [0.2, 0.25) is 5.02 Å². The molecule has 53 heavy (non-hydrogen) atoms. The zero-order valence-electron chi connectivity index (χ0n) is 29.7. The first kappa shape index (κ1) is 35.3. The third kappa shape index (κ3) is 6.57. The molecule has 276 valence electrons. The Balaban J connectivity index is 1.06. The van der Waals surface area contributed by atoms with E-state index in [-0.39, 0.29) is 51.3 Å². The highest BCUT2D eigenvalue weighted by atomic mass is 35.5. The molecule has 8 rings (SSSR count). The molecular formula is C38H39ClF2N8O4. The maximum atomic E-state index is 16.8. The van der Waals surface area contributed by atoms with Crippen molar-refractivity contribution in [3.8, 4) is 17.3 Å². The average molecular weight is 745 g/mol. The van der Waals surface area contributed by atoms with Crippen molar-refractivity contribution >= 4 is 51.1 Å². The molecule has 3 aromatic heterocycles. The molecule has 12 nitrogen and oxygen atoms in total. The topological polar surface area (TPSA) is 134 Å². The van der Waals surface area contributed by atoms with Crippen LogP contribution in [0.25, 0.3) is 39.0 Å². The quantitative estimate of drug-likeness (QED) is 0.169. The number of aliphatic hydroxyl groups is 1. The minimum atomic E-state index is -1.26. The minimum absolute atomic E-state index is 0.0109.